The Labute approximate surface area is 123 Å². The summed E-state index contributed by atoms with van der Waals surface area (Å²) in [5.74, 6) is -0.305. The highest BCUT2D eigenvalue weighted by atomic mass is 79.9. The average Bonchev–Trinajstić information content (AvgIpc) is 2.78. The number of rotatable bonds is 3. The third-order valence-corrected chi connectivity index (χ3v) is 6.63. The first-order valence-corrected chi connectivity index (χ1v) is 8.82. The third kappa shape index (κ3) is 3.50. The van der Waals surface area contributed by atoms with Gasteiger partial charge in [0.2, 0.25) is 15.4 Å². The molecule has 0 aromatic carbocycles. The molecular weight excluding hydrogens is 356 g/mol. The van der Waals surface area contributed by atoms with E-state index in [1.807, 2.05) is 0 Å². The summed E-state index contributed by atoms with van der Waals surface area (Å²) in [4.78, 5) is 11.2. The van der Waals surface area contributed by atoms with E-state index in [0.717, 1.165) is 24.2 Å². The van der Waals surface area contributed by atoms with Gasteiger partial charge in [0.1, 0.15) is 0 Å². The molecule has 1 saturated heterocycles. The molecule has 1 amide bonds. The number of anilines is 1. The van der Waals surface area contributed by atoms with Gasteiger partial charge >= 0.3 is 0 Å². The Hall–Kier alpha value is -0.580. The normalized spacial score (nSPS) is 18.4. The van der Waals surface area contributed by atoms with Gasteiger partial charge in [0.05, 0.1) is 0 Å². The number of halogens is 1. The number of alkyl halides is 1. The number of carbonyl (C=O) groups excluding carboxylic acids is 1. The highest BCUT2D eigenvalue weighted by molar-refractivity contribution is 9.09. The highest BCUT2D eigenvalue weighted by Gasteiger charge is 2.31. The van der Waals surface area contributed by atoms with E-state index in [1.165, 1.54) is 11.2 Å². The van der Waals surface area contributed by atoms with Gasteiger partial charge < -0.3 is 5.32 Å². The van der Waals surface area contributed by atoms with Gasteiger partial charge in [-0.25, -0.2) is 8.42 Å². The molecular formula is C9H13BrN4O3S2. The summed E-state index contributed by atoms with van der Waals surface area (Å²) in [5, 5.41) is 9.92. The van der Waals surface area contributed by atoms with Crippen LogP contribution in [0.3, 0.4) is 0 Å². The summed E-state index contributed by atoms with van der Waals surface area (Å²) in [6, 6.07) is 0. The summed E-state index contributed by atoms with van der Waals surface area (Å²) in [6.07, 6.45) is 1.55. The van der Waals surface area contributed by atoms with Crippen molar-refractivity contribution in [2.75, 3.05) is 18.4 Å². The molecule has 1 aromatic rings. The Bertz CT molecular complexity index is 566. The number of hydrogen-bond donors (Lipinski definition) is 1. The third-order valence-electron chi connectivity index (χ3n) is 2.63. The standard InChI is InChI=1S/C9H13BrN4O3S2/c1-6(15)11-8-12-13-9(18-8)19(16,17)14-4-2-7(10)3-5-14/h7H,2-5H2,1H3,(H,11,12,15). The van der Waals surface area contributed by atoms with Gasteiger partial charge in [0.15, 0.2) is 0 Å². The fourth-order valence-electron chi connectivity index (χ4n) is 1.69. The Balaban J connectivity index is 2.15. The molecule has 2 heterocycles. The monoisotopic (exact) mass is 368 g/mol. The Kier molecular flexibility index (Phi) is 4.54. The predicted octanol–water partition coefficient (Wildman–Crippen LogP) is 1.04. The first-order valence-electron chi connectivity index (χ1n) is 5.65. The first-order chi connectivity index (χ1) is 8.89. The van der Waals surface area contributed by atoms with Crippen LogP contribution in [0, 0.1) is 0 Å². The van der Waals surface area contributed by atoms with Gasteiger partial charge in [0, 0.05) is 24.8 Å². The van der Waals surface area contributed by atoms with Crippen LogP contribution in [-0.4, -0.2) is 46.7 Å². The number of aromatic nitrogens is 2. The molecule has 1 fully saturated rings. The highest BCUT2D eigenvalue weighted by Crippen LogP contribution is 2.27. The lowest BCUT2D eigenvalue weighted by Crippen LogP contribution is -2.38. The number of piperidine rings is 1. The molecule has 19 heavy (non-hydrogen) atoms. The van der Waals surface area contributed by atoms with Gasteiger partial charge in [-0.05, 0) is 12.8 Å². The summed E-state index contributed by atoms with van der Waals surface area (Å²) < 4.78 is 25.9. The molecule has 0 atom stereocenters. The van der Waals surface area contributed by atoms with E-state index in [-0.39, 0.29) is 15.4 Å². The molecule has 1 N–H and O–H groups in total. The van der Waals surface area contributed by atoms with Crippen LogP contribution in [0.1, 0.15) is 19.8 Å². The van der Waals surface area contributed by atoms with Gasteiger partial charge in [-0.15, -0.1) is 10.2 Å². The predicted molar refractivity (Wildman–Crippen MR) is 74.9 cm³/mol. The molecule has 10 heteroatoms. The molecule has 0 bridgehead atoms. The van der Waals surface area contributed by atoms with Crippen molar-refractivity contribution in [3.05, 3.63) is 0 Å². The van der Waals surface area contributed by atoms with Crippen molar-refractivity contribution in [1.82, 2.24) is 14.5 Å². The van der Waals surface area contributed by atoms with Crippen molar-refractivity contribution in [2.45, 2.75) is 28.9 Å². The smallest absolute Gasteiger partial charge is 0.272 e. The van der Waals surface area contributed by atoms with Crippen LogP contribution in [-0.2, 0) is 14.8 Å². The summed E-state index contributed by atoms with van der Waals surface area (Å²) in [6.45, 7) is 2.26. The molecule has 0 spiro atoms. The molecule has 106 valence electrons. The summed E-state index contributed by atoms with van der Waals surface area (Å²) >= 11 is 4.34. The molecule has 0 unspecified atom stereocenters. The fraction of sp³-hybridized carbons (Fsp3) is 0.667. The fourth-order valence-corrected chi connectivity index (χ4v) is 4.65. The van der Waals surface area contributed by atoms with E-state index in [9.17, 15) is 13.2 Å². The van der Waals surface area contributed by atoms with Crippen LogP contribution in [0.25, 0.3) is 0 Å². The molecule has 0 aliphatic carbocycles. The van der Waals surface area contributed by atoms with Crippen molar-refractivity contribution in [3.63, 3.8) is 0 Å². The van der Waals surface area contributed by atoms with Crippen LogP contribution >= 0.6 is 27.3 Å². The summed E-state index contributed by atoms with van der Waals surface area (Å²) in [5.41, 5.74) is 0. The zero-order valence-electron chi connectivity index (χ0n) is 10.2. The molecule has 0 radical (unpaired) electrons. The topological polar surface area (TPSA) is 92.3 Å². The Morgan fingerprint density at radius 3 is 2.63 bits per heavy atom. The number of nitrogens with one attached hydrogen (secondary N) is 1. The zero-order valence-corrected chi connectivity index (χ0v) is 13.4. The largest absolute Gasteiger partial charge is 0.301 e. The second kappa shape index (κ2) is 5.81. The Morgan fingerprint density at radius 1 is 1.42 bits per heavy atom. The molecule has 7 nitrogen and oxygen atoms in total. The lowest BCUT2D eigenvalue weighted by atomic mass is 10.2. The summed E-state index contributed by atoms with van der Waals surface area (Å²) in [7, 11) is -3.59. The maximum Gasteiger partial charge on any atom is 0.272 e. The van der Waals surface area contributed by atoms with Crippen molar-refractivity contribution < 1.29 is 13.2 Å². The van der Waals surface area contributed by atoms with Crippen molar-refractivity contribution >= 4 is 48.3 Å². The van der Waals surface area contributed by atoms with Crippen LogP contribution < -0.4 is 5.32 Å². The number of hydrogen-bond acceptors (Lipinski definition) is 6. The number of sulfonamides is 1. The number of nitrogens with zero attached hydrogens (tertiary/aromatic N) is 3. The number of amides is 1. The van der Waals surface area contributed by atoms with Gasteiger partial charge in [-0.2, -0.15) is 4.31 Å². The van der Waals surface area contributed by atoms with Gasteiger partial charge in [-0.3, -0.25) is 4.79 Å². The lowest BCUT2D eigenvalue weighted by Gasteiger charge is -2.27. The molecule has 1 aliphatic heterocycles. The maximum atomic E-state index is 12.3. The minimum atomic E-state index is -3.59. The Morgan fingerprint density at radius 2 is 2.05 bits per heavy atom. The quantitative estimate of drug-likeness (QED) is 0.635. The molecule has 0 saturated carbocycles. The van der Waals surface area contributed by atoms with E-state index in [4.69, 9.17) is 0 Å². The number of carbonyl (C=O) groups is 1. The minimum absolute atomic E-state index is 0.0794. The second-order valence-electron chi connectivity index (χ2n) is 4.13. The van der Waals surface area contributed by atoms with E-state index in [2.05, 4.69) is 31.4 Å². The van der Waals surface area contributed by atoms with Crippen molar-refractivity contribution in [3.8, 4) is 0 Å². The first kappa shape index (κ1) is 14.8. The molecule has 2 rings (SSSR count). The molecule has 1 aliphatic rings. The molecule has 1 aromatic heterocycles. The lowest BCUT2D eigenvalue weighted by molar-refractivity contribution is -0.114. The van der Waals surface area contributed by atoms with Crippen LogP contribution in [0.4, 0.5) is 5.13 Å². The second-order valence-corrected chi connectivity index (χ2v) is 8.52. The minimum Gasteiger partial charge on any atom is -0.301 e. The van der Waals surface area contributed by atoms with Crippen LogP contribution in [0.5, 0.6) is 0 Å². The van der Waals surface area contributed by atoms with Crippen molar-refractivity contribution in [2.24, 2.45) is 0 Å². The van der Waals surface area contributed by atoms with Crippen LogP contribution in [0.2, 0.25) is 0 Å². The van der Waals surface area contributed by atoms with E-state index in [1.54, 1.807) is 0 Å². The van der Waals surface area contributed by atoms with Gasteiger partial charge in [-0.1, -0.05) is 27.3 Å². The van der Waals surface area contributed by atoms with Crippen LogP contribution in [0.15, 0.2) is 4.34 Å². The SMILES string of the molecule is CC(=O)Nc1nnc(S(=O)(=O)N2CCC(Br)CC2)s1. The van der Waals surface area contributed by atoms with E-state index >= 15 is 0 Å². The zero-order chi connectivity index (χ0) is 14.0. The van der Waals surface area contributed by atoms with E-state index < -0.39 is 10.0 Å². The van der Waals surface area contributed by atoms with Gasteiger partial charge in [0.25, 0.3) is 10.0 Å². The van der Waals surface area contributed by atoms with E-state index in [0.29, 0.717) is 17.9 Å². The average molecular weight is 369 g/mol. The van der Waals surface area contributed by atoms with Crippen molar-refractivity contribution in [1.29, 1.82) is 0 Å². The maximum absolute atomic E-state index is 12.3.